The van der Waals surface area contributed by atoms with Crippen LogP contribution in [0, 0.1) is 6.92 Å². The van der Waals surface area contributed by atoms with Crippen molar-refractivity contribution in [2.45, 2.75) is 31.0 Å². The number of carboxylic acid groups (broad SMARTS) is 1. The molecule has 1 N–H and O–H groups in total. The molecule has 1 aliphatic rings. The zero-order valence-corrected chi connectivity index (χ0v) is 17.2. The summed E-state index contributed by atoms with van der Waals surface area (Å²) in [7, 11) is -4.33. The lowest BCUT2D eigenvalue weighted by atomic mass is 10.00. The maximum atomic E-state index is 13.2. The minimum Gasteiger partial charge on any atom is -0.480 e. The van der Waals surface area contributed by atoms with Gasteiger partial charge < -0.3 is 10.0 Å². The summed E-state index contributed by atoms with van der Waals surface area (Å²) in [6, 6.07) is 10.2. The normalized spacial score (nSPS) is 14.1. The number of hydrogen-bond donors (Lipinski definition) is 1. The zero-order chi connectivity index (χ0) is 23.0. The fraction of sp³-hybridized carbons (Fsp3) is 0.300. The second-order valence-electron chi connectivity index (χ2n) is 7.15. The molecular weight excluding hydrogens is 437 g/mol. The monoisotopic (exact) mass is 456 g/mol. The van der Waals surface area contributed by atoms with Crippen LogP contribution in [0.4, 0.5) is 18.9 Å². The van der Waals surface area contributed by atoms with Gasteiger partial charge >= 0.3 is 18.1 Å². The number of benzene rings is 2. The highest BCUT2D eigenvalue weighted by molar-refractivity contribution is 7.92. The quantitative estimate of drug-likeness (QED) is 0.747. The van der Waals surface area contributed by atoms with Crippen molar-refractivity contribution < 1.29 is 36.3 Å². The van der Waals surface area contributed by atoms with Crippen LogP contribution in [0.3, 0.4) is 0 Å². The molecule has 0 saturated carbocycles. The minimum atomic E-state index is -5.02. The second-order valence-corrected chi connectivity index (χ2v) is 9.01. The van der Waals surface area contributed by atoms with Crippen molar-refractivity contribution in [3.05, 3.63) is 59.2 Å². The van der Waals surface area contributed by atoms with Gasteiger partial charge in [-0.15, -0.1) is 0 Å². The van der Waals surface area contributed by atoms with Gasteiger partial charge in [-0.2, -0.15) is 13.2 Å². The lowest BCUT2D eigenvalue weighted by Crippen LogP contribution is -2.43. The van der Waals surface area contributed by atoms with Gasteiger partial charge in [-0.1, -0.05) is 23.8 Å². The molecular formula is C20H19F3N2O5S. The molecule has 3 rings (SSSR count). The van der Waals surface area contributed by atoms with E-state index in [9.17, 15) is 36.3 Å². The summed E-state index contributed by atoms with van der Waals surface area (Å²) in [5, 5.41) is 9.22. The van der Waals surface area contributed by atoms with Gasteiger partial charge in [0.2, 0.25) is 0 Å². The average molecular weight is 456 g/mol. The second kappa shape index (κ2) is 8.22. The minimum absolute atomic E-state index is 0.133. The van der Waals surface area contributed by atoms with Crippen LogP contribution in [-0.2, 0) is 32.6 Å². The van der Waals surface area contributed by atoms with Crippen LogP contribution in [0.15, 0.2) is 47.4 Å². The number of fused-ring (bicyclic) bond motifs is 1. The zero-order valence-electron chi connectivity index (χ0n) is 16.4. The van der Waals surface area contributed by atoms with E-state index in [0.29, 0.717) is 10.5 Å². The van der Waals surface area contributed by atoms with E-state index in [0.717, 1.165) is 9.87 Å². The molecule has 1 aliphatic heterocycles. The molecule has 0 aromatic heterocycles. The van der Waals surface area contributed by atoms with E-state index in [-0.39, 0.29) is 35.7 Å². The first-order chi connectivity index (χ1) is 14.4. The molecule has 0 aliphatic carbocycles. The molecule has 2 aromatic carbocycles. The Morgan fingerprint density at radius 3 is 2.32 bits per heavy atom. The Morgan fingerprint density at radius 1 is 1.10 bits per heavy atom. The third-order valence-corrected chi connectivity index (χ3v) is 6.68. The number of sulfonamides is 1. The predicted octanol–water partition coefficient (Wildman–Crippen LogP) is 2.72. The first-order valence-electron chi connectivity index (χ1n) is 9.18. The van der Waals surface area contributed by atoms with Crippen LogP contribution in [0.1, 0.15) is 16.7 Å². The molecule has 7 nitrogen and oxygen atoms in total. The van der Waals surface area contributed by atoms with Crippen molar-refractivity contribution in [3.63, 3.8) is 0 Å². The molecule has 2 aromatic rings. The SMILES string of the molecule is Cc1ccc(N(CC(=O)O)S(=O)(=O)c2ccc3c(c2)CN(C(=O)C(F)(F)F)CC3)cc1. The number of nitrogens with zero attached hydrogens (tertiary/aromatic N) is 2. The van der Waals surface area contributed by atoms with Gasteiger partial charge in [0.15, 0.2) is 0 Å². The molecule has 1 heterocycles. The summed E-state index contributed by atoms with van der Waals surface area (Å²) in [5.74, 6) is -3.36. The first kappa shape index (κ1) is 22.6. The van der Waals surface area contributed by atoms with Crippen molar-refractivity contribution in [2.75, 3.05) is 17.4 Å². The smallest absolute Gasteiger partial charge is 0.471 e. The van der Waals surface area contributed by atoms with Gasteiger partial charge in [-0.25, -0.2) is 8.42 Å². The highest BCUT2D eigenvalue weighted by Crippen LogP contribution is 2.29. The van der Waals surface area contributed by atoms with Crippen molar-refractivity contribution in [1.29, 1.82) is 0 Å². The van der Waals surface area contributed by atoms with Gasteiger partial charge in [-0.05, 0) is 48.7 Å². The Hall–Kier alpha value is -3.08. The number of carbonyl (C=O) groups excluding carboxylic acids is 1. The number of anilines is 1. The molecule has 0 atom stereocenters. The molecule has 0 radical (unpaired) electrons. The van der Waals surface area contributed by atoms with E-state index in [1.54, 1.807) is 19.1 Å². The highest BCUT2D eigenvalue weighted by Gasteiger charge is 2.43. The Morgan fingerprint density at radius 2 is 1.74 bits per heavy atom. The summed E-state index contributed by atoms with van der Waals surface area (Å²) < 4.78 is 65.5. The summed E-state index contributed by atoms with van der Waals surface area (Å²) in [6.07, 6.45) is -4.88. The largest absolute Gasteiger partial charge is 0.480 e. The van der Waals surface area contributed by atoms with Gasteiger partial charge in [0.05, 0.1) is 10.6 Å². The third-order valence-electron chi connectivity index (χ3n) is 4.91. The van der Waals surface area contributed by atoms with Crippen molar-refractivity contribution >= 4 is 27.6 Å². The Kier molecular flexibility index (Phi) is 5.99. The first-order valence-corrected chi connectivity index (χ1v) is 10.6. The number of aliphatic carboxylic acids is 1. The summed E-state index contributed by atoms with van der Waals surface area (Å²) in [6.45, 7) is 0.435. The van der Waals surface area contributed by atoms with Crippen LogP contribution >= 0.6 is 0 Å². The summed E-state index contributed by atoms with van der Waals surface area (Å²) in [4.78, 5) is 23.2. The lowest BCUT2D eigenvalue weighted by molar-refractivity contribution is -0.186. The number of rotatable bonds is 5. The molecule has 166 valence electrons. The van der Waals surface area contributed by atoms with Crippen LogP contribution in [0.2, 0.25) is 0 Å². The third kappa shape index (κ3) is 4.82. The summed E-state index contributed by atoms with van der Waals surface area (Å²) >= 11 is 0. The lowest BCUT2D eigenvalue weighted by Gasteiger charge is -2.30. The van der Waals surface area contributed by atoms with E-state index < -0.39 is 34.6 Å². The Balaban J connectivity index is 1.98. The van der Waals surface area contributed by atoms with Crippen LogP contribution in [0.25, 0.3) is 0 Å². The van der Waals surface area contributed by atoms with Crippen molar-refractivity contribution in [1.82, 2.24) is 4.90 Å². The standard InChI is InChI=1S/C20H19F3N2O5S/c1-13-2-5-16(6-3-13)25(12-18(26)27)31(29,30)17-7-4-14-8-9-24(11-15(14)10-17)19(28)20(21,22)23/h2-7,10H,8-9,11-12H2,1H3,(H,26,27). The van der Waals surface area contributed by atoms with Gasteiger partial charge in [0.25, 0.3) is 10.0 Å². The molecule has 0 bridgehead atoms. The highest BCUT2D eigenvalue weighted by atomic mass is 32.2. The molecule has 31 heavy (non-hydrogen) atoms. The van der Waals surface area contributed by atoms with E-state index >= 15 is 0 Å². The number of halogens is 3. The molecule has 0 saturated heterocycles. The van der Waals surface area contributed by atoms with Gasteiger partial charge in [-0.3, -0.25) is 13.9 Å². The van der Waals surface area contributed by atoms with Gasteiger partial charge in [0.1, 0.15) is 6.54 Å². The van der Waals surface area contributed by atoms with E-state index in [4.69, 9.17) is 0 Å². The topological polar surface area (TPSA) is 95.0 Å². The number of carbonyl (C=O) groups is 2. The van der Waals surface area contributed by atoms with Crippen LogP contribution in [0.5, 0.6) is 0 Å². The van der Waals surface area contributed by atoms with Crippen LogP contribution < -0.4 is 4.31 Å². The number of alkyl halides is 3. The average Bonchev–Trinajstić information content (AvgIpc) is 2.70. The number of carboxylic acids is 1. The fourth-order valence-electron chi connectivity index (χ4n) is 3.32. The Labute approximate surface area is 176 Å². The van der Waals surface area contributed by atoms with Crippen molar-refractivity contribution in [2.24, 2.45) is 0 Å². The van der Waals surface area contributed by atoms with E-state index in [1.807, 2.05) is 0 Å². The fourth-order valence-corrected chi connectivity index (χ4v) is 4.79. The molecule has 0 unspecified atom stereocenters. The van der Waals surface area contributed by atoms with E-state index in [1.165, 1.54) is 30.3 Å². The molecule has 0 fully saturated rings. The summed E-state index contributed by atoms with van der Waals surface area (Å²) in [5.41, 5.74) is 1.88. The van der Waals surface area contributed by atoms with Crippen molar-refractivity contribution in [3.8, 4) is 0 Å². The van der Waals surface area contributed by atoms with E-state index in [2.05, 4.69) is 0 Å². The maximum absolute atomic E-state index is 13.2. The Bertz CT molecular complexity index is 1110. The number of hydrogen-bond acceptors (Lipinski definition) is 4. The maximum Gasteiger partial charge on any atom is 0.471 e. The molecule has 11 heteroatoms. The molecule has 0 spiro atoms. The molecule has 1 amide bonds. The number of aryl methyl sites for hydroxylation is 1. The predicted molar refractivity (Wildman–Crippen MR) is 105 cm³/mol. The number of amides is 1. The van der Waals surface area contributed by atoms with Gasteiger partial charge in [0, 0.05) is 13.1 Å². The van der Waals surface area contributed by atoms with Crippen LogP contribution in [-0.4, -0.2) is 49.6 Å².